The van der Waals surface area contributed by atoms with Crippen LogP contribution in [0.1, 0.15) is 53.0 Å². The largest absolute Gasteiger partial charge is 0.332 e. The van der Waals surface area contributed by atoms with Crippen LogP contribution in [-0.4, -0.2) is 49.8 Å². The number of carbonyl (C=O) groups excluding carboxylic acids is 1. The van der Waals surface area contributed by atoms with Crippen LogP contribution in [-0.2, 0) is 26.6 Å². The van der Waals surface area contributed by atoms with E-state index in [1.807, 2.05) is 20.2 Å². The molecule has 144 valence electrons. The third-order valence-electron chi connectivity index (χ3n) is 5.59. The smallest absolute Gasteiger partial charge is 0.257 e. The molecule has 1 saturated heterocycles. The summed E-state index contributed by atoms with van der Waals surface area (Å²) in [6.07, 6.45) is 6.10. The van der Waals surface area contributed by atoms with Crippen molar-refractivity contribution in [3.8, 4) is 0 Å². The molecule has 1 atom stereocenters. The molecule has 0 bridgehead atoms. The fourth-order valence-electron chi connectivity index (χ4n) is 4.09. The highest BCUT2D eigenvalue weighted by atomic mass is 16.2. The summed E-state index contributed by atoms with van der Waals surface area (Å²) in [5, 5.41) is 7.99. The number of piperidine rings is 1. The summed E-state index contributed by atoms with van der Waals surface area (Å²) >= 11 is 0. The Kier molecular flexibility index (Phi) is 4.82. The summed E-state index contributed by atoms with van der Waals surface area (Å²) in [4.78, 5) is 31.9. The Morgan fingerprint density at radius 1 is 1.41 bits per heavy atom. The second kappa shape index (κ2) is 7.26. The van der Waals surface area contributed by atoms with Gasteiger partial charge in [-0.05, 0) is 32.7 Å². The van der Waals surface area contributed by atoms with Crippen molar-refractivity contribution in [2.75, 3.05) is 19.6 Å². The maximum atomic E-state index is 13.2. The van der Waals surface area contributed by atoms with Crippen LogP contribution in [0, 0.1) is 0 Å². The first-order valence-corrected chi connectivity index (χ1v) is 9.69. The van der Waals surface area contributed by atoms with Crippen molar-refractivity contribution < 1.29 is 4.79 Å². The first-order chi connectivity index (χ1) is 13.1. The van der Waals surface area contributed by atoms with Gasteiger partial charge in [0.25, 0.3) is 11.5 Å². The van der Waals surface area contributed by atoms with Gasteiger partial charge in [0, 0.05) is 44.4 Å². The average molecular weight is 370 g/mol. The zero-order chi connectivity index (χ0) is 19.0. The number of fused-ring (bicyclic) bond motifs is 1. The number of carbonyl (C=O) groups is 1. The van der Waals surface area contributed by atoms with Crippen LogP contribution in [0.2, 0.25) is 0 Å². The molecule has 2 aliphatic heterocycles. The van der Waals surface area contributed by atoms with Crippen LogP contribution in [0.25, 0.3) is 0 Å². The Balaban J connectivity index is 1.59. The monoisotopic (exact) mass is 370 g/mol. The maximum absolute atomic E-state index is 13.2. The van der Waals surface area contributed by atoms with E-state index >= 15 is 0 Å². The van der Waals surface area contributed by atoms with Gasteiger partial charge < -0.3 is 10.2 Å². The Bertz CT molecular complexity index is 909. The van der Waals surface area contributed by atoms with Crippen LogP contribution in [0.5, 0.6) is 0 Å². The van der Waals surface area contributed by atoms with Crippen molar-refractivity contribution in [1.29, 1.82) is 0 Å². The van der Waals surface area contributed by atoms with Gasteiger partial charge >= 0.3 is 0 Å². The van der Waals surface area contributed by atoms with Crippen molar-refractivity contribution in [2.24, 2.45) is 7.05 Å². The molecule has 0 radical (unpaired) electrons. The average Bonchev–Trinajstić information content (AvgIpc) is 3.10. The third-order valence-corrected chi connectivity index (χ3v) is 5.59. The number of aryl methyl sites for hydroxylation is 2. The van der Waals surface area contributed by atoms with Crippen LogP contribution in [0.15, 0.2) is 17.3 Å². The van der Waals surface area contributed by atoms with E-state index in [0.717, 1.165) is 37.2 Å². The standard InChI is InChI=1S/C19H26N6O2/c1-3-24-12-21-16-11-25(8-6-14(16)18(24)26)19(27)15-10-23(2)22-17(15)13-5-4-7-20-9-13/h10,12-13,20H,3-9,11H2,1-2H3. The van der Waals surface area contributed by atoms with E-state index in [1.54, 1.807) is 20.5 Å². The van der Waals surface area contributed by atoms with E-state index in [0.29, 0.717) is 37.3 Å². The number of aromatic nitrogens is 4. The SMILES string of the molecule is CCn1cnc2c(c1=O)CCN(C(=O)c1cn(C)nc1C1CCCNC1)C2. The predicted octanol–water partition coefficient (Wildman–Crippen LogP) is 0.662. The zero-order valence-electron chi connectivity index (χ0n) is 15.9. The summed E-state index contributed by atoms with van der Waals surface area (Å²) in [6.45, 7) is 5.34. The molecular weight excluding hydrogens is 344 g/mol. The van der Waals surface area contributed by atoms with E-state index in [-0.39, 0.29) is 17.4 Å². The summed E-state index contributed by atoms with van der Waals surface area (Å²) in [6, 6.07) is 0. The molecule has 2 aromatic rings. The minimum atomic E-state index is -0.0178. The Morgan fingerprint density at radius 2 is 2.26 bits per heavy atom. The van der Waals surface area contributed by atoms with E-state index in [4.69, 9.17) is 0 Å². The van der Waals surface area contributed by atoms with Crippen molar-refractivity contribution in [1.82, 2.24) is 29.5 Å². The fourth-order valence-corrected chi connectivity index (χ4v) is 4.09. The minimum Gasteiger partial charge on any atom is -0.332 e. The quantitative estimate of drug-likeness (QED) is 0.858. The van der Waals surface area contributed by atoms with Gasteiger partial charge in [-0.3, -0.25) is 18.8 Å². The van der Waals surface area contributed by atoms with Crippen LogP contribution in [0.3, 0.4) is 0 Å². The Hall–Kier alpha value is -2.48. The highest BCUT2D eigenvalue weighted by molar-refractivity contribution is 5.95. The van der Waals surface area contributed by atoms with E-state index < -0.39 is 0 Å². The lowest BCUT2D eigenvalue weighted by Crippen LogP contribution is -2.40. The summed E-state index contributed by atoms with van der Waals surface area (Å²) in [5.41, 5.74) is 3.04. The predicted molar refractivity (Wildman–Crippen MR) is 101 cm³/mol. The van der Waals surface area contributed by atoms with Crippen molar-refractivity contribution >= 4 is 5.91 Å². The molecule has 27 heavy (non-hydrogen) atoms. The van der Waals surface area contributed by atoms with Crippen LogP contribution < -0.4 is 10.9 Å². The molecule has 1 N–H and O–H groups in total. The fraction of sp³-hybridized carbons (Fsp3) is 0.579. The number of nitrogens with zero attached hydrogens (tertiary/aromatic N) is 5. The highest BCUT2D eigenvalue weighted by Crippen LogP contribution is 2.27. The molecule has 0 saturated carbocycles. The lowest BCUT2D eigenvalue weighted by molar-refractivity contribution is 0.0729. The normalized spacial score (nSPS) is 19.8. The molecule has 4 heterocycles. The molecule has 0 spiro atoms. The lowest BCUT2D eigenvalue weighted by Gasteiger charge is -2.29. The summed E-state index contributed by atoms with van der Waals surface area (Å²) in [7, 11) is 1.86. The van der Waals surface area contributed by atoms with Gasteiger partial charge in [-0.25, -0.2) is 4.98 Å². The van der Waals surface area contributed by atoms with Gasteiger partial charge in [-0.2, -0.15) is 5.10 Å². The molecule has 1 amide bonds. The number of nitrogens with one attached hydrogen (secondary N) is 1. The summed E-state index contributed by atoms with van der Waals surface area (Å²) in [5.74, 6) is 0.252. The second-order valence-corrected chi connectivity index (χ2v) is 7.38. The van der Waals surface area contributed by atoms with Gasteiger partial charge in [0.2, 0.25) is 0 Å². The molecule has 1 unspecified atom stereocenters. The topological polar surface area (TPSA) is 85.1 Å². The lowest BCUT2D eigenvalue weighted by atomic mass is 9.93. The zero-order valence-corrected chi connectivity index (χ0v) is 15.9. The maximum Gasteiger partial charge on any atom is 0.257 e. The molecule has 0 aliphatic carbocycles. The van der Waals surface area contributed by atoms with Crippen molar-refractivity contribution in [2.45, 2.75) is 45.2 Å². The number of amides is 1. The van der Waals surface area contributed by atoms with Crippen LogP contribution >= 0.6 is 0 Å². The number of hydrogen-bond acceptors (Lipinski definition) is 5. The molecule has 2 aromatic heterocycles. The van der Waals surface area contributed by atoms with Crippen LogP contribution in [0.4, 0.5) is 0 Å². The third kappa shape index (κ3) is 3.29. The van der Waals surface area contributed by atoms with Gasteiger partial charge in [-0.1, -0.05) is 0 Å². The molecule has 8 nitrogen and oxygen atoms in total. The molecule has 4 rings (SSSR count). The molecule has 2 aliphatic rings. The van der Waals surface area contributed by atoms with Crippen molar-refractivity contribution in [3.05, 3.63) is 45.4 Å². The van der Waals surface area contributed by atoms with Gasteiger partial charge in [-0.15, -0.1) is 0 Å². The Morgan fingerprint density at radius 3 is 3.00 bits per heavy atom. The minimum absolute atomic E-state index is 0.0178. The molecule has 0 aromatic carbocycles. The first-order valence-electron chi connectivity index (χ1n) is 9.69. The molecule has 8 heteroatoms. The van der Waals surface area contributed by atoms with E-state index in [9.17, 15) is 9.59 Å². The van der Waals surface area contributed by atoms with Gasteiger partial charge in [0.05, 0.1) is 29.8 Å². The summed E-state index contributed by atoms with van der Waals surface area (Å²) < 4.78 is 3.35. The van der Waals surface area contributed by atoms with Gasteiger partial charge in [0.1, 0.15) is 0 Å². The van der Waals surface area contributed by atoms with Crippen molar-refractivity contribution in [3.63, 3.8) is 0 Å². The van der Waals surface area contributed by atoms with E-state index in [2.05, 4.69) is 15.4 Å². The first kappa shape index (κ1) is 17.9. The molecular formula is C19H26N6O2. The van der Waals surface area contributed by atoms with Gasteiger partial charge in [0.15, 0.2) is 0 Å². The van der Waals surface area contributed by atoms with E-state index in [1.165, 1.54) is 0 Å². The Labute approximate surface area is 158 Å². The molecule has 1 fully saturated rings. The number of rotatable bonds is 3. The second-order valence-electron chi connectivity index (χ2n) is 7.38. The number of hydrogen-bond donors (Lipinski definition) is 1. The highest BCUT2D eigenvalue weighted by Gasteiger charge is 2.30.